The average Bonchev–Trinajstić information content (AvgIpc) is 2.37. The van der Waals surface area contributed by atoms with Gasteiger partial charge in [0.15, 0.2) is 0 Å². The molecule has 3 aromatic rings. The van der Waals surface area contributed by atoms with E-state index in [0.29, 0.717) is 0 Å². The van der Waals surface area contributed by atoms with E-state index >= 15 is 0 Å². The minimum atomic E-state index is -0.157. The van der Waals surface area contributed by atoms with Crippen molar-refractivity contribution in [3.63, 3.8) is 0 Å². The van der Waals surface area contributed by atoms with Gasteiger partial charge in [0.1, 0.15) is 6.61 Å². The Hall–Kier alpha value is -1.86. The lowest BCUT2D eigenvalue weighted by Gasteiger charge is -2.06. The SMILES string of the molecule is [O]Cc1cccc2c1ccc1ccccc12. The van der Waals surface area contributed by atoms with Crippen LogP contribution in [-0.2, 0) is 11.7 Å². The first-order valence-electron chi connectivity index (χ1n) is 5.37. The Bertz CT molecular complexity index is 656. The Morgan fingerprint density at radius 2 is 1.50 bits per heavy atom. The summed E-state index contributed by atoms with van der Waals surface area (Å²) in [7, 11) is 0. The molecule has 1 nitrogen and oxygen atoms in total. The number of benzene rings is 3. The van der Waals surface area contributed by atoms with Crippen LogP contribution in [0.4, 0.5) is 0 Å². The normalized spacial score (nSPS) is 11.1. The highest BCUT2D eigenvalue weighted by molar-refractivity contribution is 6.08. The van der Waals surface area contributed by atoms with Crippen LogP contribution in [0.25, 0.3) is 21.5 Å². The minimum Gasteiger partial charge on any atom is -0.232 e. The van der Waals surface area contributed by atoms with E-state index < -0.39 is 0 Å². The summed E-state index contributed by atoms with van der Waals surface area (Å²) in [6.07, 6.45) is 0. The third-order valence-electron chi connectivity index (χ3n) is 3.03. The molecule has 0 aliphatic rings. The maximum absolute atomic E-state index is 11.1. The van der Waals surface area contributed by atoms with Crippen molar-refractivity contribution in [1.29, 1.82) is 0 Å². The molecule has 1 heteroatoms. The van der Waals surface area contributed by atoms with Gasteiger partial charge in [-0.05, 0) is 27.1 Å². The monoisotopic (exact) mass is 207 g/mol. The van der Waals surface area contributed by atoms with Crippen LogP contribution >= 0.6 is 0 Å². The first-order chi connectivity index (χ1) is 7.90. The zero-order valence-electron chi connectivity index (χ0n) is 8.81. The Kier molecular flexibility index (Phi) is 2.12. The van der Waals surface area contributed by atoms with Gasteiger partial charge >= 0.3 is 0 Å². The third-order valence-corrected chi connectivity index (χ3v) is 3.03. The summed E-state index contributed by atoms with van der Waals surface area (Å²) in [5, 5.41) is 15.8. The first-order valence-corrected chi connectivity index (χ1v) is 5.37. The molecule has 0 heterocycles. The van der Waals surface area contributed by atoms with Gasteiger partial charge in [-0.3, -0.25) is 0 Å². The van der Waals surface area contributed by atoms with Crippen molar-refractivity contribution in [1.82, 2.24) is 0 Å². The molecule has 0 fully saturated rings. The summed E-state index contributed by atoms with van der Waals surface area (Å²) in [6.45, 7) is -0.157. The van der Waals surface area contributed by atoms with Crippen LogP contribution in [0.1, 0.15) is 5.56 Å². The Morgan fingerprint density at radius 3 is 2.38 bits per heavy atom. The molecule has 0 N–H and O–H groups in total. The molecule has 1 radical (unpaired) electrons. The fourth-order valence-electron chi connectivity index (χ4n) is 2.23. The van der Waals surface area contributed by atoms with Crippen LogP contribution in [0.3, 0.4) is 0 Å². The molecular formula is C15H11O. The summed E-state index contributed by atoms with van der Waals surface area (Å²) in [6, 6.07) is 18.3. The molecule has 0 unspecified atom stereocenters. The highest BCUT2D eigenvalue weighted by Gasteiger charge is 2.03. The van der Waals surface area contributed by atoms with Gasteiger partial charge in [-0.15, -0.1) is 0 Å². The van der Waals surface area contributed by atoms with E-state index in [2.05, 4.69) is 24.3 Å². The van der Waals surface area contributed by atoms with Gasteiger partial charge in [0, 0.05) is 0 Å². The largest absolute Gasteiger partial charge is 0.232 e. The quantitative estimate of drug-likeness (QED) is 0.539. The summed E-state index contributed by atoms with van der Waals surface area (Å²) in [5.74, 6) is 0. The molecule has 0 bridgehead atoms. The molecule has 0 aliphatic heterocycles. The van der Waals surface area contributed by atoms with Crippen LogP contribution in [0, 0.1) is 0 Å². The van der Waals surface area contributed by atoms with Crippen molar-refractivity contribution in [3.05, 3.63) is 60.2 Å². The smallest absolute Gasteiger partial charge is 0.108 e. The summed E-state index contributed by atoms with van der Waals surface area (Å²) >= 11 is 0. The molecule has 77 valence electrons. The average molecular weight is 207 g/mol. The molecule has 0 spiro atoms. The molecular weight excluding hydrogens is 196 g/mol. The van der Waals surface area contributed by atoms with Crippen LogP contribution in [0.2, 0.25) is 0 Å². The van der Waals surface area contributed by atoms with Gasteiger partial charge in [0.05, 0.1) is 0 Å². The second-order valence-electron chi connectivity index (χ2n) is 3.94. The predicted octanol–water partition coefficient (Wildman–Crippen LogP) is 3.92. The lowest BCUT2D eigenvalue weighted by molar-refractivity contribution is 0.179. The molecule has 0 aromatic heterocycles. The lowest BCUT2D eigenvalue weighted by atomic mass is 9.99. The molecule has 0 saturated heterocycles. The fourth-order valence-corrected chi connectivity index (χ4v) is 2.23. The van der Waals surface area contributed by atoms with Crippen LogP contribution in [0.5, 0.6) is 0 Å². The van der Waals surface area contributed by atoms with Crippen molar-refractivity contribution in [2.75, 3.05) is 0 Å². The maximum Gasteiger partial charge on any atom is 0.108 e. The van der Waals surface area contributed by atoms with Gasteiger partial charge in [0.2, 0.25) is 0 Å². The standard InChI is InChI=1S/C15H11O/c16-10-12-5-3-7-15-13-6-2-1-4-11(13)8-9-14(12)15/h1-9H,10H2. The second-order valence-corrected chi connectivity index (χ2v) is 3.94. The maximum atomic E-state index is 11.1. The van der Waals surface area contributed by atoms with Crippen LogP contribution < -0.4 is 0 Å². The van der Waals surface area contributed by atoms with Gasteiger partial charge in [0.25, 0.3) is 0 Å². The highest BCUT2D eigenvalue weighted by atomic mass is 16.3. The summed E-state index contributed by atoms with van der Waals surface area (Å²) in [5.41, 5.74) is 0.878. The molecule has 16 heavy (non-hydrogen) atoms. The molecule has 0 atom stereocenters. The third kappa shape index (κ3) is 1.29. The van der Waals surface area contributed by atoms with E-state index in [4.69, 9.17) is 0 Å². The van der Waals surface area contributed by atoms with Crippen LogP contribution in [-0.4, -0.2) is 0 Å². The number of rotatable bonds is 1. The molecule has 3 aromatic carbocycles. The van der Waals surface area contributed by atoms with Crippen molar-refractivity contribution in [2.45, 2.75) is 6.61 Å². The zero-order valence-corrected chi connectivity index (χ0v) is 8.81. The number of hydrogen-bond acceptors (Lipinski definition) is 0. The Morgan fingerprint density at radius 1 is 0.688 bits per heavy atom. The van der Waals surface area contributed by atoms with Gasteiger partial charge in [-0.2, -0.15) is 0 Å². The summed E-state index contributed by atoms with van der Waals surface area (Å²) < 4.78 is 0. The van der Waals surface area contributed by atoms with Crippen molar-refractivity contribution >= 4 is 21.5 Å². The van der Waals surface area contributed by atoms with Crippen LogP contribution in [0.15, 0.2) is 54.6 Å². The molecule has 3 rings (SSSR count). The number of fused-ring (bicyclic) bond motifs is 3. The van der Waals surface area contributed by atoms with E-state index in [0.717, 1.165) is 10.9 Å². The number of hydrogen-bond donors (Lipinski definition) is 0. The predicted molar refractivity (Wildman–Crippen MR) is 65.8 cm³/mol. The molecule has 0 saturated carbocycles. The van der Waals surface area contributed by atoms with E-state index in [1.807, 2.05) is 30.3 Å². The fraction of sp³-hybridized carbons (Fsp3) is 0.0667. The van der Waals surface area contributed by atoms with Crippen molar-refractivity contribution in [3.8, 4) is 0 Å². The zero-order chi connectivity index (χ0) is 11.0. The second kappa shape index (κ2) is 3.62. The van der Waals surface area contributed by atoms with Gasteiger partial charge in [-0.25, -0.2) is 5.11 Å². The Balaban J connectivity index is 2.52. The van der Waals surface area contributed by atoms with Crippen molar-refractivity contribution in [2.24, 2.45) is 0 Å². The van der Waals surface area contributed by atoms with Crippen molar-refractivity contribution < 1.29 is 5.11 Å². The van der Waals surface area contributed by atoms with E-state index in [1.54, 1.807) is 0 Å². The lowest BCUT2D eigenvalue weighted by Crippen LogP contribution is -1.85. The topological polar surface area (TPSA) is 19.9 Å². The first kappa shape index (κ1) is 9.37. The summed E-state index contributed by atoms with van der Waals surface area (Å²) in [4.78, 5) is 0. The van der Waals surface area contributed by atoms with E-state index in [9.17, 15) is 5.11 Å². The van der Waals surface area contributed by atoms with E-state index in [1.165, 1.54) is 16.2 Å². The Labute approximate surface area is 94.0 Å². The molecule has 0 amide bonds. The van der Waals surface area contributed by atoms with Gasteiger partial charge < -0.3 is 0 Å². The van der Waals surface area contributed by atoms with Gasteiger partial charge in [-0.1, -0.05) is 54.6 Å². The molecule has 0 aliphatic carbocycles. The highest BCUT2D eigenvalue weighted by Crippen LogP contribution is 2.27. The minimum absolute atomic E-state index is 0.157. The van der Waals surface area contributed by atoms with E-state index in [-0.39, 0.29) is 6.61 Å².